The molecule has 0 amide bonds. The molecule has 0 aliphatic carbocycles. The lowest BCUT2D eigenvalue weighted by Gasteiger charge is -2.26. The maximum absolute atomic E-state index is 5.36. The van der Waals surface area contributed by atoms with Gasteiger partial charge in [0, 0.05) is 35.0 Å². The number of hydrogen-bond acceptors (Lipinski definition) is 5. The highest BCUT2D eigenvalue weighted by Crippen LogP contribution is 2.29. The average molecular weight is 322 g/mol. The van der Waals surface area contributed by atoms with Crippen LogP contribution >= 0.6 is 22.7 Å². The molecule has 0 radical (unpaired) electrons. The molecule has 1 fully saturated rings. The number of thiophene rings is 2. The Hall–Kier alpha value is -0.720. The first-order chi connectivity index (χ1) is 10.4. The maximum atomic E-state index is 5.36. The summed E-state index contributed by atoms with van der Waals surface area (Å²) in [5.74, 6) is 0. The van der Waals surface area contributed by atoms with Gasteiger partial charge in [-0.15, -0.1) is 22.7 Å². The lowest BCUT2D eigenvalue weighted by atomic mass is 10.2. The lowest BCUT2D eigenvalue weighted by Crippen LogP contribution is -2.37. The highest BCUT2D eigenvalue weighted by Gasteiger charge is 2.09. The molecule has 2 aromatic rings. The van der Waals surface area contributed by atoms with Gasteiger partial charge in [-0.3, -0.25) is 4.90 Å². The fourth-order valence-corrected chi connectivity index (χ4v) is 4.15. The zero-order chi connectivity index (χ0) is 14.3. The van der Waals surface area contributed by atoms with Gasteiger partial charge < -0.3 is 10.1 Å². The van der Waals surface area contributed by atoms with E-state index in [1.807, 2.05) is 22.7 Å². The topological polar surface area (TPSA) is 24.5 Å². The van der Waals surface area contributed by atoms with E-state index in [9.17, 15) is 0 Å². The first-order valence-corrected chi connectivity index (χ1v) is 9.30. The van der Waals surface area contributed by atoms with Crippen molar-refractivity contribution in [3.63, 3.8) is 0 Å². The third kappa shape index (κ3) is 4.63. The summed E-state index contributed by atoms with van der Waals surface area (Å²) in [5, 5.41) is 7.95. The van der Waals surface area contributed by atoms with Crippen molar-refractivity contribution in [2.24, 2.45) is 0 Å². The molecule has 0 atom stereocenters. The van der Waals surface area contributed by atoms with Crippen LogP contribution in [0.1, 0.15) is 11.3 Å². The molecule has 0 spiro atoms. The number of nitrogens with one attached hydrogen (secondary N) is 1. The molecule has 0 unspecified atom stereocenters. The summed E-state index contributed by atoms with van der Waals surface area (Å²) in [6, 6.07) is 6.61. The van der Waals surface area contributed by atoms with Gasteiger partial charge in [0.15, 0.2) is 0 Å². The van der Waals surface area contributed by atoms with Crippen molar-refractivity contribution >= 4 is 22.7 Å². The van der Waals surface area contributed by atoms with Crippen molar-refractivity contribution in [1.82, 2.24) is 10.2 Å². The summed E-state index contributed by atoms with van der Waals surface area (Å²) < 4.78 is 5.36. The van der Waals surface area contributed by atoms with Gasteiger partial charge in [0.2, 0.25) is 0 Å². The SMILES string of the molecule is c1csc(-c2csc(CNCCCN3CCOCC3)c2)c1. The van der Waals surface area contributed by atoms with E-state index in [2.05, 4.69) is 39.2 Å². The lowest BCUT2D eigenvalue weighted by molar-refractivity contribution is 0.0374. The fourth-order valence-electron chi connectivity index (χ4n) is 2.51. The summed E-state index contributed by atoms with van der Waals surface area (Å²) in [5.41, 5.74) is 1.36. The van der Waals surface area contributed by atoms with Gasteiger partial charge in [-0.25, -0.2) is 0 Å². The molecule has 1 aliphatic heterocycles. The van der Waals surface area contributed by atoms with E-state index >= 15 is 0 Å². The van der Waals surface area contributed by atoms with E-state index < -0.39 is 0 Å². The van der Waals surface area contributed by atoms with Gasteiger partial charge in [-0.2, -0.15) is 0 Å². The van der Waals surface area contributed by atoms with Crippen LogP contribution in [0, 0.1) is 0 Å². The largest absolute Gasteiger partial charge is 0.379 e. The quantitative estimate of drug-likeness (QED) is 0.792. The molecule has 0 saturated carbocycles. The van der Waals surface area contributed by atoms with Crippen LogP contribution in [0.25, 0.3) is 10.4 Å². The predicted molar refractivity (Wildman–Crippen MR) is 91.2 cm³/mol. The molecule has 114 valence electrons. The number of hydrogen-bond donors (Lipinski definition) is 1. The number of rotatable bonds is 7. The first kappa shape index (κ1) is 15.2. The summed E-state index contributed by atoms with van der Waals surface area (Å²) in [6.07, 6.45) is 1.21. The molecule has 2 aromatic heterocycles. The third-order valence-electron chi connectivity index (χ3n) is 3.69. The highest BCUT2D eigenvalue weighted by atomic mass is 32.1. The standard InChI is InChI=1S/C16H22N2OS2/c1-3-16(20-10-1)14-11-15(21-13-14)12-17-4-2-5-18-6-8-19-9-7-18/h1,3,10-11,13,17H,2,4-9,12H2. The Balaban J connectivity index is 1.34. The molecule has 3 nitrogen and oxygen atoms in total. The van der Waals surface area contributed by atoms with Crippen LogP contribution in [0.15, 0.2) is 29.0 Å². The summed E-state index contributed by atoms with van der Waals surface area (Å²) in [6.45, 7) is 7.23. The molecule has 0 bridgehead atoms. The molecule has 3 heterocycles. The first-order valence-electron chi connectivity index (χ1n) is 7.54. The molecular formula is C16H22N2OS2. The van der Waals surface area contributed by atoms with Crippen LogP contribution < -0.4 is 5.32 Å². The Morgan fingerprint density at radius 1 is 1.24 bits per heavy atom. The molecule has 1 aliphatic rings. The minimum Gasteiger partial charge on any atom is -0.379 e. The third-order valence-corrected chi connectivity index (χ3v) is 5.55. The summed E-state index contributed by atoms with van der Waals surface area (Å²) in [4.78, 5) is 5.28. The minimum absolute atomic E-state index is 0.897. The molecule has 1 saturated heterocycles. The van der Waals surface area contributed by atoms with Crippen molar-refractivity contribution in [3.05, 3.63) is 33.8 Å². The average Bonchev–Trinajstić information content (AvgIpc) is 3.19. The van der Waals surface area contributed by atoms with Crippen molar-refractivity contribution in [3.8, 4) is 10.4 Å². The normalized spacial score (nSPS) is 16.4. The Bertz CT molecular complexity index is 518. The molecule has 0 aromatic carbocycles. The number of ether oxygens (including phenoxy) is 1. The molecule has 3 rings (SSSR count). The molecular weight excluding hydrogens is 300 g/mol. The second-order valence-corrected chi connectivity index (χ2v) is 7.21. The van der Waals surface area contributed by atoms with E-state index in [0.29, 0.717) is 0 Å². The zero-order valence-electron chi connectivity index (χ0n) is 12.2. The van der Waals surface area contributed by atoms with Crippen molar-refractivity contribution in [1.29, 1.82) is 0 Å². The second-order valence-electron chi connectivity index (χ2n) is 5.26. The highest BCUT2D eigenvalue weighted by molar-refractivity contribution is 7.14. The number of nitrogens with zero attached hydrogens (tertiary/aromatic N) is 1. The van der Waals surface area contributed by atoms with E-state index in [1.54, 1.807) is 0 Å². The van der Waals surface area contributed by atoms with Crippen molar-refractivity contribution < 1.29 is 4.74 Å². The molecule has 5 heteroatoms. The van der Waals surface area contributed by atoms with E-state index in [1.165, 1.54) is 28.3 Å². The Kier molecular flexibility index (Phi) is 5.83. The monoisotopic (exact) mass is 322 g/mol. The Morgan fingerprint density at radius 2 is 2.14 bits per heavy atom. The van der Waals surface area contributed by atoms with Crippen LogP contribution in [-0.2, 0) is 11.3 Å². The van der Waals surface area contributed by atoms with Crippen molar-refractivity contribution in [2.75, 3.05) is 39.4 Å². The van der Waals surface area contributed by atoms with Gasteiger partial charge in [-0.05, 0) is 42.4 Å². The molecule has 1 N–H and O–H groups in total. The predicted octanol–water partition coefficient (Wildman–Crippen LogP) is 3.29. The second kappa shape index (κ2) is 8.06. The van der Waals surface area contributed by atoms with E-state index in [0.717, 1.165) is 39.4 Å². The summed E-state index contributed by atoms with van der Waals surface area (Å²) in [7, 11) is 0. The Labute approximate surface area is 134 Å². The van der Waals surface area contributed by atoms with Gasteiger partial charge in [0.25, 0.3) is 0 Å². The van der Waals surface area contributed by atoms with E-state index in [-0.39, 0.29) is 0 Å². The van der Waals surface area contributed by atoms with Crippen LogP contribution in [-0.4, -0.2) is 44.3 Å². The zero-order valence-corrected chi connectivity index (χ0v) is 13.8. The van der Waals surface area contributed by atoms with E-state index in [4.69, 9.17) is 4.74 Å². The van der Waals surface area contributed by atoms with Crippen molar-refractivity contribution in [2.45, 2.75) is 13.0 Å². The molecule has 21 heavy (non-hydrogen) atoms. The van der Waals surface area contributed by atoms with Crippen LogP contribution in [0.5, 0.6) is 0 Å². The number of morpholine rings is 1. The van der Waals surface area contributed by atoms with Gasteiger partial charge >= 0.3 is 0 Å². The van der Waals surface area contributed by atoms with Gasteiger partial charge in [0.05, 0.1) is 13.2 Å². The smallest absolute Gasteiger partial charge is 0.0594 e. The van der Waals surface area contributed by atoms with Gasteiger partial charge in [0.1, 0.15) is 0 Å². The Morgan fingerprint density at radius 3 is 2.95 bits per heavy atom. The van der Waals surface area contributed by atoms with Gasteiger partial charge in [-0.1, -0.05) is 6.07 Å². The maximum Gasteiger partial charge on any atom is 0.0594 e. The van der Waals surface area contributed by atoms with Crippen LogP contribution in [0.3, 0.4) is 0 Å². The van der Waals surface area contributed by atoms with Crippen LogP contribution in [0.4, 0.5) is 0 Å². The summed E-state index contributed by atoms with van der Waals surface area (Å²) >= 11 is 3.66. The minimum atomic E-state index is 0.897. The fraction of sp³-hybridized carbons (Fsp3) is 0.500. The van der Waals surface area contributed by atoms with Crippen LogP contribution in [0.2, 0.25) is 0 Å².